The zero-order valence-electron chi connectivity index (χ0n) is 29.6. The molecule has 13 nitrogen and oxygen atoms in total. The number of benzene rings is 3. The molecule has 1 N–H and O–H groups in total. The molecule has 0 unspecified atom stereocenters. The fourth-order valence-electron chi connectivity index (χ4n) is 6.44. The van der Waals surface area contributed by atoms with Gasteiger partial charge in [-0.15, -0.1) is 5.10 Å². The predicted octanol–water partition coefficient (Wildman–Crippen LogP) is 6.18. The van der Waals surface area contributed by atoms with E-state index in [-0.39, 0.29) is 23.4 Å². The second kappa shape index (κ2) is 14.7. The molecule has 0 atom stereocenters. The van der Waals surface area contributed by atoms with Crippen molar-refractivity contribution in [1.82, 2.24) is 34.5 Å². The number of nitrogens with zero attached hydrogens (tertiary/aromatic N) is 8. The van der Waals surface area contributed by atoms with Crippen LogP contribution in [0, 0.1) is 19.7 Å². The second-order valence-corrected chi connectivity index (χ2v) is 13.1. The molecule has 0 aliphatic carbocycles. The predicted molar refractivity (Wildman–Crippen MR) is 199 cm³/mol. The van der Waals surface area contributed by atoms with Gasteiger partial charge in [-0.2, -0.15) is 5.10 Å². The van der Waals surface area contributed by atoms with Gasteiger partial charge in [0.25, 0.3) is 11.8 Å². The fraction of sp³-hybridized carbons (Fsp3) is 0.200. The molecular weight excluding hydrogens is 689 g/mol. The molecular formula is C40H36FN9O4. The lowest BCUT2D eigenvalue weighted by atomic mass is 10.1. The first-order chi connectivity index (χ1) is 26.3. The number of piperazine rings is 1. The highest BCUT2D eigenvalue weighted by atomic mass is 19.1. The minimum atomic E-state index is -0.298. The summed E-state index contributed by atoms with van der Waals surface area (Å²) in [6.07, 6.45) is 3.32. The highest BCUT2D eigenvalue weighted by molar-refractivity contribution is 6.08. The summed E-state index contributed by atoms with van der Waals surface area (Å²) in [6, 6.07) is 26.8. The lowest BCUT2D eigenvalue weighted by Gasteiger charge is -2.35. The van der Waals surface area contributed by atoms with Crippen molar-refractivity contribution in [2.45, 2.75) is 27.0 Å². The van der Waals surface area contributed by atoms with Crippen LogP contribution in [0.2, 0.25) is 0 Å². The molecule has 272 valence electrons. The Morgan fingerprint density at radius 2 is 1.72 bits per heavy atom. The Morgan fingerprint density at radius 1 is 0.926 bits per heavy atom. The number of amides is 2. The van der Waals surface area contributed by atoms with Crippen molar-refractivity contribution in [1.29, 1.82) is 0 Å². The maximum Gasteiger partial charge on any atom is 0.289 e. The molecule has 14 heteroatoms. The van der Waals surface area contributed by atoms with Gasteiger partial charge in [-0.25, -0.2) is 18.6 Å². The van der Waals surface area contributed by atoms with Gasteiger partial charge < -0.3 is 24.3 Å². The third-order valence-corrected chi connectivity index (χ3v) is 9.26. The Bertz CT molecular complexity index is 2450. The molecule has 0 spiro atoms. The highest BCUT2D eigenvalue weighted by Crippen LogP contribution is 2.25. The summed E-state index contributed by atoms with van der Waals surface area (Å²) in [7, 11) is 0. The van der Waals surface area contributed by atoms with E-state index in [0.717, 1.165) is 34.0 Å². The first-order valence-corrected chi connectivity index (χ1v) is 17.5. The molecule has 0 saturated carbocycles. The van der Waals surface area contributed by atoms with E-state index in [1.54, 1.807) is 56.7 Å². The summed E-state index contributed by atoms with van der Waals surface area (Å²) in [4.78, 5) is 34.9. The Morgan fingerprint density at radius 3 is 2.52 bits per heavy atom. The Hall–Kier alpha value is -6.83. The molecule has 1 aliphatic heterocycles. The molecule has 7 aromatic rings. The molecule has 5 heterocycles. The van der Waals surface area contributed by atoms with Crippen LogP contribution in [-0.2, 0) is 13.2 Å². The van der Waals surface area contributed by atoms with Crippen molar-refractivity contribution in [2.75, 3.05) is 36.4 Å². The number of aryl methyl sites for hydroxylation is 2. The van der Waals surface area contributed by atoms with Crippen LogP contribution in [-0.4, -0.2) is 72.5 Å². The number of fused-ring (bicyclic) bond motifs is 1. The second-order valence-electron chi connectivity index (χ2n) is 13.1. The number of ether oxygens (including phenoxy) is 1. The largest absolute Gasteiger partial charge is 0.489 e. The van der Waals surface area contributed by atoms with E-state index >= 15 is 0 Å². The molecule has 3 aromatic carbocycles. The molecule has 0 radical (unpaired) electrons. The van der Waals surface area contributed by atoms with Gasteiger partial charge in [-0.05, 0) is 74.0 Å². The minimum Gasteiger partial charge on any atom is -0.489 e. The molecule has 54 heavy (non-hydrogen) atoms. The molecule has 4 aromatic heterocycles. The van der Waals surface area contributed by atoms with E-state index in [1.165, 1.54) is 18.3 Å². The number of furan rings is 1. The Labute approximate surface area is 309 Å². The SMILES string of the molecule is Cc1cc(C)n2ncc(C(=O)Nc3ccc(-c4cn(Cc5ccc(C(=O)N6CCN(c7cccc(OCc8ccc(F)cc8)c7)CC6)o5)nn4)cc3)c2n1. The average molecular weight is 726 g/mol. The highest BCUT2D eigenvalue weighted by Gasteiger charge is 2.25. The van der Waals surface area contributed by atoms with Gasteiger partial charge in [-0.3, -0.25) is 9.59 Å². The number of carbonyl (C=O) groups is 2. The van der Waals surface area contributed by atoms with Gasteiger partial charge >= 0.3 is 0 Å². The summed E-state index contributed by atoms with van der Waals surface area (Å²) >= 11 is 0. The Balaban J connectivity index is 0.832. The molecule has 1 aliphatic rings. The van der Waals surface area contributed by atoms with Crippen molar-refractivity contribution in [3.8, 4) is 17.0 Å². The summed E-state index contributed by atoms with van der Waals surface area (Å²) in [6.45, 7) is 6.85. The maximum absolute atomic E-state index is 13.3. The minimum absolute atomic E-state index is 0.160. The number of rotatable bonds is 10. The van der Waals surface area contributed by atoms with E-state index in [1.807, 2.05) is 56.3 Å². The van der Waals surface area contributed by atoms with Crippen LogP contribution in [0.5, 0.6) is 5.75 Å². The lowest BCUT2D eigenvalue weighted by Crippen LogP contribution is -2.48. The fourth-order valence-corrected chi connectivity index (χ4v) is 6.44. The number of carbonyl (C=O) groups excluding carboxylic acids is 2. The number of anilines is 2. The van der Waals surface area contributed by atoms with Gasteiger partial charge in [0.05, 0.1) is 12.4 Å². The van der Waals surface area contributed by atoms with Crippen LogP contribution in [0.25, 0.3) is 16.9 Å². The summed E-state index contributed by atoms with van der Waals surface area (Å²) in [5.41, 5.74) is 6.60. The van der Waals surface area contributed by atoms with Crippen molar-refractivity contribution in [2.24, 2.45) is 0 Å². The zero-order chi connectivity index (χ0) is 37.2. The topological polar surface area (TPSA) is 136 Å². The maximum atomic E-state index is 13.3. The lowest BCUT2D eigenvalue weighted by molar-refractivity contribution is 0.0712. The van der Waals surface area contributed by atoms with Gasteiger partial charge in [-0.1, -0.05) is 35.5 Å². The van der Waals surface area contributed by atoms with E-state index in [0.29, 0.717) is 67.7 Å². The van der Waals surface area contributed by atoms with Gasteiger partial charge in [0.1, 0.15) is 41.7 Å². The van der Waals surface area contributed by atoms with Gasteiger partial charge in [0.15, 0.2) is 11.4 Å². The standard InChI is InChI=1S/C40H36FN9O4/c1-26-20-27(2)50-38(43-26)35(22-42-50)39(51)44-31-12-8-29(9-13-31)36-24-49(46-45-36)23-34-14-15-37(54-34)40(52)48-18-16-47(17-19-48)32-4-3-5-33(21-32)53-25-28-6-10-30(41)11-7-28/h3-15,20-22,24H,16-19,23,25H2,1-2H3,(H,44,51). The van der Waals surface area contributed by atoms with E-state index in [4.69, 9.17) is 9.15 Å². The van der Waals surface area contributed by atoms with Gasteiger partial charge in [0.2, 0.25) is 0 Å². The third kappa shape index (κ3) is 7.39. The van der Waals surface area contributed by atoms with E-state index in [2.05, 4.69) is 30.6 Å². The van der Waals surface area contributed by atoms with Crippen molar-refractivity contribution >= 4 is 28.8 Å². The number of nitrogens with one attached hydrogen (secondary N) is 1. The van der Waals surface area contributed by atoms with Crippen LogP contribution in [0.4, 0.5) is 15.8 Å². The third-order valence-electron chi connectivity index (χ3n) is 9.26. The van der Waals surface area contributed by atoms with Gasteiger partial charge in [0, 0.05) is 60.6 Å². The summed E-state index contributed by atoms with van der Waals surface area (Å²) < 4.78 is 28.4. The zero-order valence-corrected chi connectivity index (χ0v) is 29.6. The normalized spacial score (nSPS) is 13.0. The van der Waals surface area contributed by atoms with Crippen molar-refractivity contribution in [3.63, 3.8) is 0 Å². The first-order valence-electron chi connectivity index (χ1n) is 17.5. The number of hydrogen-bond acceptors (Lipinski definition) is 9. The quantitative estimate of drug-likeness (QED) is 0.175. The summed E-state index contributed by atoms with van der Waals surface area (Å²) in [5, 5.41) is 15.8. The Kier molecular flexibility index (Phi) is 9.30. The number of aromatic nitrogens is 6. The molecule has 1 fully saturated rings. The van der Waals surface area contributed by atoms with Crippen LogP contribution in [0.3, 0.4) is 0 Å². The first kappa shape index (κ1) is 34.3. The smallest absolute Gasteiger partial charge is 0.289 e. The molecule has 0 bridgehead atoms. The summed E-state index contributed by atoms with van der Waals surface area (Å²) in [5.74, 6) is 0.844. The average Bonchev–Trinajstić information content (AvgIpc) is 3.96. The van der Waals surface area contributed by atoms with Crippen LogP contribution in [0.1, 0.15) is 43.6 Å². The van der Waals surface area contributed by atoms with E-state index < -0.39 is 0 Å². The van der Waals surface area contributed by atoms with E-state index in [9.17, 15) is 14.0 Å². The molecule has 1 saturated heterocycles. The number of hydrogen-bond donors (Lipinski definition) is 1. The van der Waals surface area contributed by atoms with Crippen LogP contribution < -0.4 is 15.0 Å². The molecule has 8 rings (SSSR count). The monoisotopic (exact) mass is 725 g/mol. The number of halogens is 1. The van der Waals surface area contributed by atoms with Crippen LogP contribution in [0.15, 0.2) is 108 Å². The van der Waals surface area contributed by atoms with Crippen molar-refractivity contribution < 1.29 is 23.1 Å². The van der Waals surface area contributed by atoms with Crippen LogP contribution >= 0.6 is 0 Å². The molecule has 2 amide bonds. The van der Waals surface area contributed by atoms with Crippen molar-refractivity contribution in [3.05, 3.63) is 143 Å².